The molecule has 1 saturated heterocycles. The highest BCUT2D eigenvalue weighted by atomic mass is 32.2. The summed E-state index contributed by atoms with van der Waals surface area (Å²) in [4.78, 5) is 6.82. The molecule has 2 fully saturated rings. The zero-order chi connectivity index (χ0) is 19.0. The number of hydrogen-bond acceptors (Lipinski definition) is 5. The number of nitrogens with zero attached hydrogens (tertiary/aromatic N) is 2. The van der Waals surface area contributed by atoms with E-state index in [1.807, 2.05) is 13.8 Å². The second-order valence-electron chi connectivity index (χ2n) is 7.05. The van der Waals surface area contributed by atoms with E-state index >= 15 is 0 Å². The first-order chi connectivity index (χ1) is 12.4. The zero-order valence-corrected chi connectivity index (χ0v) is 17.7. The standard InChI is InChI=1S/C17H34N4O3S2/c1-3-18-17(19-8-9-21-10-12-26(23,24)13-11-21)20-15-6-5-7-16(14-15)25(22)4-2/h15-16H,3-14H2,1-2H3,(H2,18,19,20). The van der Waals surface area contributed by atoms with Gasteiger partial charge in [-0.05, 0) is 26.2 Å². The van der Waals surface area contributed by atoms with E-state index in [4.69, 9.17) is 0 Å². The molecule has 0 aromatic rings. The minimum atomic E-state index is -2.83. The van der Waals surface area contributed by atoms with E-state index < -0.39 is 20.6 Å². The molecule has 0 spiro atoms. The summed E-state index contributed by atoms with van der Waals surface area (Å²) < 4.78 is 35.1. The van der Waals surface area contributed by atoms with Gasteiger partial charge in [0.25, 0.3) is 0 Å². The van der Waals surface area contributed by atoms with Crippen LogP contribution in [0.15, 0.2) is 4.99 Å². The fourth-order valence-electron chi connectivity index (χ4n) is 3.54. The summed E-state index contributed by atoms with van der Waals surface area (Å²) in [5.41, 5.74) is 0. The molecule has 0 bridgehead atoms. The minimum absolute atomic E-state index is 0.257. The van der Waals surface area contributed by atoms with Crippen LogP contribution >= 0.6 is 0 Å². The second-order valence-corrected chi connectivity index (χ2v) is 11.4. The first-order valence-corrected chi connectivity index (χ1v) is 13.0. The molecule has 152 valence electrons. The van der Waals surface area contributed by atoms with Crippen LogP contribution in [0.2, 0.25) is 0 Å². The normalized spacial score (nSPS) is 28.5. The average molecular weight is 407 g/mol. The van der Waals surface area contributed by atoms with Crippen LogP contribution in [0.1, 0.15) is 39.5 Å². The number of nitrogens with one attached hydrogen (secondary N) is 2. The van der Waals surface area contributed by atoms with E-state index in [2.05, 4.69) is 20.5 Å². The highest BCUT2D eigenvalue weighted by molar-refractivity contribution is 7.91. The van der Waals surface area contributed by atoms with Gasteiger partial charge in [-0.2, -0.15) is 0 Å². The van der Waals surface area contributed by atoms with Crippen LogP contribution < -0.4 is 10.6 Å². The topological polar surface area (TPSA) is 90.9 Å². The predicted octanol–water partition coefficient (Wildman–Crippen LogP) is 0.352. The number of guanidine groups is 1. The first kappa shape index (κ1) is 21.6. The molecule has 3 atom stereocenters. The number of hydrogen-bond donors (Lipinski definition) is 2. The van der Waals surface area contributed by atoms with E-state index in [0.29, 0.717) is 30.9 Å². The number of rotatable bonds is 7. The van der Waals surface area contributed by atoms with Crippen molar-refractivity contribution in [1.29, 1.82) is 0 Å². The highest BCUT2D eigenvalue weighted by Crippen LogP contribution is 2.22. The van der Waals surface area contributed by atoms with E-state index in [0.717, 1.165) is 50.5 Å². The number of sulfone groups is 1. The molecular formula is C17H34N4O3S2. The van der Waals surface area contributed by atoms with E-state index in [-0.39, 0.29) is 11.5 Å². The third kappa shape index (κ3) is 7.15. The van der Waals surface area contributed by atoms with Crippen LogP contribution in [-0.4, -0.2) is 84.8 Å². The third-order valence-electron chi connectivity index (χ3n) is 5.09. The van der Waals surface area contributed by atoms with Crippen molar-refractivity contribution in [2.24, 2.45) is 4.99 Å². The summed E-state index contributed by atoms with van der Waals surface area (Å²) in [5, 5.41) is 7.09. The van der Waals surface area contributed by atoms with Crippen LogP contribution in [0.5, 0.6) is 0 Å². The van der Waals surface area contributed by atoms with E-state index in [1.165, 1.54) is 0 Å². The monoisotopic (exact) mass is 406 g/mol. The Balaban J connectivity index is 1.81. The predicted molar refractivity (Wildman–Crippen MR) is 109 cm³/mol. The molecule has 0 aromatic heterocycles. The van der Waals surface area contributed by atoms with Gasteiger partial charge >= 0.3 is 0 Å². The van der Waals surface area contributed by atoms with Gasteiger partial charge < -0.3 is 10.6 Å². The first-order valence-electron chi connectivity index (χ1n) is 9.78. The molecule has 2 aliphatic rings. The lowest BCUT2D eigenvalue weighted by Gasteiger charge is -2.30. The molecular weight excluding hydrogens is 372 g/mol. The van der Waals surface area contributed by atoms with Gasteiger partial charge in [0.1, 0.15) is 0 Å². The molecule has 0 radical (unpaired) electrons. The van der Waals surface area contributed by atoms with Crippen LogP contribution in [0.25, 0.3) is 0 Å². The van der Waals surface area contributed by atoms with Gasteiger partial charge in [-0.1, -0.05) is 13.3 Å². The van der Waals surface area contributed by atoms with Crippen LogP contribution in [0.4, 0.5) is 0 Å². The molecule has 3 unspecified atom stereocenters. The van der Waals surface area contributed by atoms with Gasteiger partial charge in [-0.25, -0.2) is 8.42 Å². The Labute approximate surface area is 160 Å². The van der Waals surface area contributed by atoms with Crippen molar-refractivity contribution in [2.45, 2.75) is 50.8 Å². The molecule has 1 aliphatic heterocycles. The minimum Gasteiger partial charge on any atom is -0.357 e. The molecule has 1 aliphatic carbocycles. The summed E-state index contributed by atoms with van der Waals surface area (Å²) in [6, 6.07) is 0.321. The quantitative estimate of drug-likeness (QED) is 0.468. The smallest absolute Gasteiger partial charge is 0.191 e. The Morgan fingerprint density at radius 1 is 1.23 bits per heavy atom. The fraction of sp³-hybridized carbons (Fsp3) is 0.941. The second kappa shape index (κ2) is 10.6. The molecule has 26 heavy (non-hydrogen) atoms. The molecule has 0 amide bonds. The summed E-state index contributed by atoms with van der Waals surface area (Å²) in [6.45, 7) is 7.47. The van der Waals surface area contributed by atoms with Crippen molar-refractivity contribution in [2.75, 3.05) is 50.0 Å². The maximum absolute atomic E-state index is 12.1. The lowest BCUT2D eigenvalue weighted by molar-refractivity contribution is 0.304. The summed E-state index contributed by atoms with van der Waals surface area (Å²) in [7, 11) is -3.55. The SMILES string of the molecule is CCNC(=NCCN1CCS(=O)(=O)CC1)NC1CCCC(S(=O)CC)C1. The van der Waals surface area contributed by atoms with Gasteiger partial charge in [0, 0.05) is 54.0 Å². The van der Waals surface area contributed by atoms with Crippen molar-refractivity contribution in [1.82, 2.24) is 15.5 Å². The van der Waals surface area contributed by atoms with Crippen molar-refractivity contribution in [3.8, 4) is 0 Å². The Bertz CT molecular complexity index is 581. The highest BCUT2D eigenvalue weighted by Gasteiger charge is 2.26. The van der Waals surface area contributed by atoms with Crippen LogP contribution in [0, 0.1) is 0 Å². The van der Waals surface area contributed by atoms with Crippen LogP contribution in [0.3, 0.4) is 0 Å². The van der Waals surface area contributed by atoms with E-state index in [1.54, 1.807) is 0 Å². The molecule has 0 aromatic carbocycles. The summed E-state index contributed by atoms with van der Waals surface area (Å²) >= 11 is 0. The lowest BCUT2D eigenvalue weighted by Crippen LogP contribution is -2.47. The van der Waals surface area contributed by atoms with E-state index in [9.17, 15) is 12.6 Å². The van der Waals surface area contributed by atoms with Crippen molar-refractivity contribution in [3.63, 3.8) is 0 Å². The summed E-state index contributed by atoms with van der Waals surface area (Å²) in [5.74, 6) is 2.06. The summed E-state index contributed by atoms with van der Waals surface area (Å²) in [6.07, 6.45) is 4.20. The Hall–Kier alpha value is -0.670. The molecule has 1 saturated carbocycles. The van der Waals surface area contributed by atoms with Crippen molar-refractivity contribution >= 4 is 26.6 Å². The lowest BCUT2D eigenvalue weighted by atomic mass is 9.95. The van der Waals surface area contributed by atoms with Gasteiger partial charge in [-0.15, -0.1) is 0 Å². The fourth-order valence-corrected chi connectivity index (χ4v) is 6.17. The Morgan fingerprint density at radius 2 is 1.96 bits per heavy atom. The molecule has 2 rings (SSSR count). The van der Waals surface area contributed by atoms with Crippen molar-refractivity contribution in [3.05, 3.63) is 0 Å². The molecule has 9 heteroatoms. The maximum Gasteiger partial charge on any atom is 0.191 e. The Kier molecular flexibility index (Phi) is 8.83. The van der Waals surface area contributed by atoms with Crippen LogP contribution in [-0.2, 0) is 20.6 Å². The zero-order valence-electron chi connectivity index (χ0n) is 16.1. The molecule has 7 nitrogen and oxygen atoms in total. The molecule has 1 heterocycles. The van der Waals surface area contributed by atoms with Gasteiger partial charge in [0.15, 0.2) is 15.8 Å². The van der Waals surface area contributed by atoms with Gasteiger partial charge in [-0.3, -0.25) is 14.1 Å². The Morgan fingerprint density at radius 3 is 2.62 bits per heavy atom. The molecule has 2 N–H and O–H groups in total. The number of aliphatic imine (C=N–C) groups is 1. The third-order valence-corrected chi connectivity index (χ3v) is 8.44. The largest absolute Gasteiger partial charge is 0.357 e. The van der Waals surface area contributed by atoms with Gasteiger partial charge in [0.05, 0.1) is 18.1 Å². The van der Waals surface area contributed by atoms with Crippen molar-refractivity contribution < 1.29 is 12.6 Å². The van der Waals surface area contributed by atoms with Gasteiger partial charge in [0.2, 0.25) is 0 Å². The maximum atomic E-state index is 12.1. The average Bonchev–Trinajstić information content (AvgIpc) is 2.63.